The fourth-order valence-corrected chi connectivity index (χ4v) is 5.64. The van der Waals surface area contributed by atoms with Crippen molar-refractivity contribution in [2.24, 2.45) is 0 Å². The van der Waals surface area contributed by atoms with E-state index in [2.05, 4.69) is 9.97 Å². The maximum atomic E-state index is 12.5. The lowest BCUT2D eigenvalue weighted by atomic mass is 9.97. The number of hydrogen-bond acceptors (Lipinski definition) is 5. The van der Waals surface area contributed by atoms with Gasteiger partial charge in [-0.1, -0.05) is 11.8 Å². The predicted molar refractivity (Wildman–Crippen MR) is 105 cm³/mol. The molecule has 1 aliphatic rings. The van der Waals surface area contributed by atoms with Crippen LogP contribution in [0, 0.1) is 0 Å². The normalized spacial score (nSPS) is 14.3. The number of rotatable bonds is 5. The predicted octanol–water partition coefficient (Wildman–Crippen LogP) is 3.60. The van der Waals surface area contributed by atoms with Gasteiger partial charge in [-0.25, -0.2) is 4.98 Å². The van der Waals surface area contributed by atoms with Crippen molar-refractivity contribution >= 4 is 39.2 Å². The molecule has 0 saturated heterocycles. The highest BCUT2D eigenvalue weighted by Gasteiger charge is 2.22. The second-order valence-corrected chi connectivity index (χ2v) is 9.09. The van der Waals surface area contributed by atoms with Gasteiger partial charge in [0.25, 0.3) is 5.56 Å². The maximum Gasteiger partial charge on any atom is 0.260 e. The molecule has 0 aromatic carbocycles. The van der Waals surface area contributed by atoms with Crippen LogP contribution >= 0.6 is 23.1 Å². The molecule has 2 aromatic rings. The number of amides is 1. The molecule has 0 fully saturated rings. The van der Waals surface area contributed by atoms with E-state index in [4.69, 9.17) is 0 Å². The molecule has 0 aliphatic heterocycles. The molecule has 0 radical (unpaired) electrons. The van der Waals surface area contributed by atoms with Gasteiger partial charge < -0.3 is 9.88 Å². The molecule has 3 rings (SSSR count). The summed E-state index contributed by atoms with van der Waals surface area (Å²) in [5, 5.41) is 1.30. The number of fused-ring (bicyclic) bond motifs is 3. The third-order valence-electron chi connectivity index (χ3n) is 4.54. The second-order valence-electron chi connectivity index (χ2n) is 7.04. The Morgan fingerprint density at radius 2 is 1.92 bits per heavy atom. The first-order valence-electron chi connectivity index (χ1n) is 8.87. The molecule has 136 valence electrons. The van der Waals surface area contributed by atoms with Gasteiger partial charge in [-0.15, -0.1) is 11.3 Å². The van der Waals surface area contributed by atoms with Crippen molar-refractivity contribution in [3.63, 3.8) is 0 Å². The van der Waals surface area contributed by atoms with E-state index in [1.807, 2.05) is 32.6 Å². The van der Waals surface area contributed by atoms with Gasteiger partial charge in [0.2, 0.25) is 5.91 Å². The lowest BCUT2D eigenvalue weighted by molar-refractivity contribution is -0.131. The van der Waals surface area contributed by atoms with Crippen LogP contribution in [0.5, 0.6) is 0 Å². The van der Waals surface area contributed by atoms with Crippen LogP contribution in [0.1, 0.15) is 51.0 Å². The number of thioether (sulfide) groups is 1. The molecule has 0 spiro atoms. The van der Waals surface area contributed by atoms with Gasteiger partial charge >= 0.3 is 0 Å². The Hall–Kier alpha value is -1.34. The smallest absolute Gasteiger partial charge is 0.260 e. The summed E-state index contributed by atoms with van der Waals surface area (Å²) in [6.07, 6.45) is 4.36. The number of nitrogens with one attached hydrogen (secondary N) is 1. The zero-order valence-corrected chi connectivity index (χ0v) is 16.9. The fourth-order valence-electron chi connectivity index (χ4n) is 3.59. The van der Waals surface area contributed by atoms with E-state index in [0.29, 0.717) is 5.16 Å². The Balaban J connectivity index is 1.81. The first-order valence-corrected chi connectivity index (χ1v) is 10.7. The van der Waals surface area contributed by atoms with Crippen LogP contribution < -0.4 is 5.56 Å². The lowest BCUT2D eigenvalue weighted by Crippen LogP contribution is -2.43. The summed E-state index contributed by atoms with van der Waals surface area (Å²) >= 11 is 2.95. The Labute approximate surface area is 156 Å². The molecule has 5 nitrogen and oxygen atoms in total. The van der Waals surface area contributed by atoms with Crippen molar-refractivity contribution in [3.8, 4) is 0 Å². The zero-order valence-electron chi connectivity index (χ0n) is 15.2. The average Bonchev–Trinajstić information content (AvgIpc) is 2.91. The van der Waals surface area contributed by atoms with Crippen LogP contribution in [0.25, 0.3) is 10.2 Å². The van der Waals surface area contributed by atoms with Gasteiger partial charge in [0, 0.05) is 17.0 Å². The number of hydrogen-bond donors (Lipinski definition) is 1. The summed E-state index contributed by atoms with van der Waals surface area (Å²) in [5.74, 6) is 0.360. The van der Waals surface area contributed by atoms with Gasteiger partial charge in [0.1, 0.15) is 4.83 Å². The van der Waals surface area contributed by atoms with Gasteiger partial charge in [-0.3, -0.25) is 9.59 Å². The largest absolute Gasteiger partial charge is 0.337 e. The quantitative estimate of drug-likeness (QED) is 0.637. The summed E-state index contributed by atoms with van der Waals surface area (Å²) in [7, 11) is 0. The SMILES string of the molecule is CC(C)N(C(=O)CSc1nc2sc3c(c2c(=O)[nH]1)CCCC3)C(C)C. The number of H-pyrrole nitrogens is 1. The minimum absolute atomic E-state index is 0.0658. The summed E-state index contributed by atoms with van der Waals surface area (Å²) in [6, 6.07) is 0.318. The highest BCUT2D eigenvalue weighted by Crippen LogP contribution is 2.34. The summed E-state index contributed by atoms with van der Waals surface area (Å²) in [5.41, 5.74) is 1.13. The molecule has 0 unspecified atom stereocenters. The highest BCUT2D eigenvalue weighted by molar-refractivity contribution is 7.99. The Morgan fingerprint density at radius 3 is 2.60 bits per heavy atom. The van der Waals surface area contributed by atoms with Crippen molar-refractivity contribution in [1.29, 1.82) is 0 Å². The minimum Gasteiger partial charge on any atom is -0.337 e. The van der Waals surface area contributed by atoms with Crippen LogP contribution in [0.15, 0.2) is 9.95 Å². The molecule has 0 bridgehead atoms. The van der Waals surface area contributed by atoms with Crippen LogP contribution in [-0.2, 0) is 17.6 Å². The molecule has 0 atom stereocenters. The second kappa shape index (κ2) is 7.50. The number of aromatic amines is 1. The molecule has 7 heteroatoms. The Bertz CT molecular complexity index is 831. The van der Waals surface area contributed by atoms with E-state index in [1.165, 1.54) is 28.6 Å². The molecule has 25 heavy (non-hydrogen) atoms. The number of thiophene rings is 1. The molecular formula is C18H25N3O2S2. The standard InChI is InChI=1S/C18H25N3O2S2/c1-10(2)21(11(3)4)14(22)9-24-18-19-16(23)15-12-7-5-6-8-13(12)25-17(15)20-18/h10-11H,5-9H2,1-4H3,(H,19,20,23). The molecule has 0 saturated carbocycles. The van der Waals surface area contributed by atoms with E-state index in [0.717, 1.165) is 29.5 Å². The lowest BCUT2D eigenvalue weighted by Gasteiger charge is -2.30. The number of aryl methyl sites for hydroxylation is 2. The van der Waals surface area contributed by atoms with E-state index < -0.39 is 0 Å². The first kappa shape index (κ1) is 18.5. The summed E-state index contributed by atoms with van der Waals surface area (Å²) < 4.78 is 0. The van der Waals surface area contributed by atoms with Crippen molar-refractivity contribution in [1.82, 2.24) is 14.9 Å². The average molecular weight is 380 g/mol. The summed E-state index contributed by atoms with van der Waals surface area (Å²) in [6.45, 7) is 8.08. The Kier molecular flexibility index (Phi) is 5.53. The van der Waals surface area contributed by atoms with E-state index in [9.17, 15) is 9.59 Å². The van der Waals surface area contributed by atoms with Gasteiger partial charge in [0.15, 0.2) is 5.16 Å². The number of carbonyl (C=O) groups excluding carboxylic acids is 1. The molecule has 1 aliphatic carbocycles. The van der Waals surface area contributed by atoms with E-state index in [-0.39, 0.29) is 29.3 Å². The van der Waals surface area contributed by atoms with Gasteiger partial charge in [0.05, 0.1) is 11.1 Å². The van der Waals surface area contributed by atoms with Crippen LogP contribution in [0.4, 0.5) is 0 Å². The van der Waals surface area contributed by atoms with Crippen LogP contribution in [0.3, 0.4) is 0 Å². The first-order chi connectivity index (χ1) is 11.9. The Morgan fingerprint density at radius 1 is 1.24 bits per heavy atom. The number of nitrogens with zero attached hydrogens (tertiary/aromatic N) is 2. The van der Waals surface area contributed by atoms with Gasteiger partial charge in [-0.2, -0.15) is 0 Å². The zero-order chi connectivity index (χ0) is 18.1. The van der Waals surface area contributed by atoms with E-state index in [1.54, 1.807) is 11.3 Å². The van der Waals surface area contributed by atoms with Crippen molar-refractivity contribution in [3.05, 3.63) is 20.8 Å². The molecule has 2 aromatic heterocycles. The highest BCUT2D eigenvalue weighted by atomic mass is 32.2. The third kappa shape index (κ3) is 3.77. The van der Waals surface area contributed by atoms with Crippen LogP contribution in [0.2, 0.25) is 0 Å². The molecule has 2 heterocycles. The molecule has 1 amide bonds. The fraction of sp³-hybridized carbons (Fsp3) is 0.611. The summed E-state index contributed by atoms with van der Waals surface area (Å²) in [4.78, 5) is 36.5. The van der Waals surface area contributed by atoms with Crippen LogP contribution in [-0.4, -0.2) is 38.6 Å². The number of carbonyl (C=O) groups is 1. The molecule has 1 N–H and O–H groups in total. The number of aromatic nitrogens is 2. The van der Waals surface area contributed by atoms with Crippen molar-refractivity contribution < 1.29 is 4.79 Å². The maximum absolute atomic E-state index is 12.5. The van der Waals surface area contributed by atoms with E-state index >= 15 is 0 Å². The van der Waals surface area contributed by atoms with Crippen molar-refractivity contribution in [2.75, 3.05) is 5.75 Å². The van der Waals surface area contributed by atoms with Crippen molar-refractivity contribution in [2.45, 2.75) is 70.6 Å². The monoisotopic (exact) mass is 379 g/mol. The topological polar surface area (TPSA) is 66.1 Å². The third-order valence-corrected chi connectivity index (χ3v) is 6.58. The minimum atomic E-state index is -0.0658. The van der Waals surface area contributed by atoms with Gasteiger partial charge in [-0.05, 0) is 58.9 Å². The molecular weight excluding hydrogens is 354 g/mol.